The molecule has 0 amide bonds. The Kier molecular flexibility index (Phi) is 4.20. The third kappa shape index (κ3) is 2.71. The molecule has 0 N–H and O–H groups in total. The fraction of sp³-hybridized carbons (Fsp3) is 1.00. The second-order valence-corrected chi connectivity index (χ2v) is 6.16. The molecule has 0 heterocycles. The molecule has 0 fully saturated rings. The topological polar surface area (TPSA) is 37.4 Å². The Labute approximate surface area is 83.3 Å². The van der Waals surface area contributed by atoms with E-state index < -0.39 is 10.0 Å². The van der Waals surface area contributed by atoms with Crippen LogP contribution in [-0.4, -0.2) is 36.4 Å². The van der Waals surface area contributed by atoms with Crippen molar-refractivity contribution in [2.75, 3.05) is 18.1 Å². The number of sulfonamides is 1. The van der Waals surface area contributed by atoms with Gasteiger partial charge in [0.2, 0.25) is 10.0 Å². The Hall–Kier alpha value is 0.390. The predicted molar refractivity (Wildman–Crippen MR) is 55.1 cm³/mol. The first-order valence-corrected chi connectivity index (χ1v) is 6.53. The fourth-order valence-corrected chi connectivity index (χ4v) is 2.40. The van der Waals surface area contributed by atoms with E-state index in [2.05, 4.69) is 15.9 Å². The summed E-state index contributed by atoms with van der Waals surface area (Å²) in [4.78, 5) is 0. The van der Waals surface area contributed by atoms with Gasteiger partial charge in [-0.15, -0.1) is 0 Å². The minimum absolute atomic E-state index is 0.153. The molecular weight excluding hydrogens is 242 g/mol. The summed E-state index contributed by atoms with van der Waals surface area (Å²) in [7, 11) is -1.45. The van der Waals surface area contributed by atoms with Crippen LogP contribution in [0, 0.1) is 0 Å². The van der Waals surface area contributed by atoms with Crippen molar-refractivity contribution in [2.45, 2.75) is 26.3 Å². The molecule has 0 aromatic heterocycles. The molecule has 12 heavy (non-hydrogen) atoms. The molecule has 5 heteroatoms. The zero-order valence-corrected chi connectivity index (χ0v) is 10.4. The average molecular weight is 258 g/mol. The van der Waals surface area contributed by atoms with Crippen molar-refractivity contribution in [2.24, 2.45) is 0 Å². The Morgan fingerprint density at radius 1 is 1.42 bits per heavy atom. The molecule has 0 aromatic carbocycles. The highest BCUT2D eigenvalue weighted by atomic mass is 79.9. The molecule has 0 rings (SSSR count). The largest absolute Gasteiger partial charge is 0.214 e. The highest BCUT2D eigenvalue weighted by Crippen LogP contribution is 2.18. The number of nitrogens with zero attached hydrogens (tertiary/aromatic N) is 1. The molecule has 0 bridgehead atoms. The van der Waals surface area contributed by atoms with Gasteiger partial charge in [0.25, 0.3) is 0 Å². The summed E-state index contributed by atoms with van der Waals surface area (Å²) in [5, 5.41) is 0.635. The van der Waals surface area contributed by atoms with Crippen LogP contribution in [0.3, 0.4) is 0 Å². The first-order chi connectivity index (χ1) is 5.28. The minimum Gasteiger partial charge on any atom is -0.212 e. The van der Waals surface area contributed by atoms with Crippen molar-refractivity contribution < 1.29 is 8.42 Å². The molecule has 0 aromatic rings. The molecule has 0 aliphatic heterocycles. The van der Waals surface area contributed by atoms with Gasteiger partial charge in [-0.1, -0.05) is 15.9 Å². The van der Waals surface area contributed by atoms with Crippen LogP contribution >= 0.6 is 15.9 Å². The maximum atomic E-state index is 11.4. The molecule has 0 unspecified atom stereocenters. The van der Waals surface area contributed by atoms with Gasteiger partial charge in [-0.25, -0.2) is 8.42 Å². The van der Waals surface area contributed by atoms with Crippen LogP contribution in [0.25, 0.3) is 0 Å². The summed E-state index contributed by atoms with van der Waals surface area (Å²) in [6, 6.07) is 0. The van der Waals surface area contributed by atoms with E-state index in [-0.39, 0.29) is 11.3 Å². The highest BCUT2D eigenvalue weighted by Gasteiger charge is 2.30. The summed E-state index contributed by atoms with van der Waals surface area (Å²) in [6.45, 7) is 5.42. The van der Waals surface area contributed by atoms with E-state index in [4.69, 9.17) is 0 Å². The first-order valence-electron chi connectivity index (χ1n) is 3.80. The Morgan fingerprint density at radius 3 is 2.08 bits per heavy atom. The van der Waals surface area contributed by atoms with Crippen LogP contribution in [0.5, 0.6) is 0 Å². The van der Waals surface area contributed by atoms with Crippen molar-refractivity contribution >= 4 is 26.0 Å². The maximum Gasteiger partial charge on any atom is 0.214 e. The van der Waals surface area contributed by atoms with E-state index in [0.717, 1.165) is 0 Å². The summed E-state index contributed by atoms with van der Waals surface area (Å²) < 4.78 is 24.2. The molecule has 0 aliphatic carbocycles. The lowest BCUT2D eigenvalue weighted by molar-refractivity contribution is 0.300. The van der Waals surface area contributed by atoms with E-state index in [1.54, 1.807) is 14.0 Å². The molecule has 0 radical (unpaired) electrons. The van der Waals surface area contributed by atoms with Crippen molar-refractivity contribution in [1.29, 1.82) is 0 Å². The second kappa shape index (κ2) is 4.07. The monoisotopic (exact) mass is 257 g/mol. The van der Waals surface area contributed by atoms with Crippen LogP contribution in [0.4, 0.5) is 0 Å². The van der Waals surface area contributed by atoms with Gasteiger partial charge >= 0.3 is 0 Å². The number of halogens is 1. The van der Waals surface area contributed by atoms with E-state index in [9.17, 15) is 8.42 Å². The molecule has 0 aliphatic rings. The van der Waals surface area contributed by atoms with Crippen molar-refractivity contribution in [3.05, 3.63) is 0 Å². The third-order valence-electron chi connectivity index (χ3n) is 1.96. The van der Waals surface area contributed by atoms with Gasteiger partial charge in [-0.2, -0.15) is 4.31 Å². The smallest absolute Gasteiger partial charge is 0.212 e. The minimum atomic E-state index is -3.06. The third-order valence-corrected chi connectivity index (χ3v) is 5.39. The van der Waals surface area contributed by atoms with Crippen LogP contribution in [-0.2, 0) is 10.0 Å². The first kappa shape index (κ1) is 12.4. The van der Waals surface area contributed by atoms with E-state index >= 15 is 0 Å². The van der Waals surface area contributed by atoms with Crippen LogP contribution in [0.1, 0.15) is 20.8 Å². The second-order valence-electron chi connectivity index (χ2n) is 3.31. The van der Waals surface area contributed by atoms with Gasteiger partial charge in [0, 0.05) is 17.9 Å². The van der Waals surface area contributed by atoms with Gasteiger partial charge < -0.3 is 0 Å². The van der Waals surface area contributed by atoms with Crippen molar-refractivity contribution in [3.8, 4) is 0 Å². The molecule has 74 valence electrons. The molecule has 0 spiro atoms. The lowest BCUT2D eigenvalue weighted by Crippen LogP contribution is -2.46. The summed E-state index contributed by atoms with van der Waals surface area (Å²) in [6.07, 6.45) is 0. The van der Waals surface area contributed by atoms with Crippen LogP contribution in [0.2, 0.25) is 0 Å². The van der Waals surface area contributed by atoms with E-state index in [1.165, 1.54) is 4.31 Å². The van der Waals surface area contributed by atoms with Gasteiger partial charge in [0.05, 0.1) is 5.75 Å². The Bertz CT molecular complexity index is 236. The van der Waals surface area contributed by atoms with Gasteiger partial charge in [0.15, 0.2) is 0 Å². The van der Waals surface area contributed by atoms with Gasteiger partial charge in [-0.3, -0.25) is 0 Å². The van der Waals surface area contributed by atoms with Crippen LogP contribution in [0.15, 0.2) is 0 Å². The van der Waals surface area contributed by atoms with E-state index in [0.29, 0.717) is 5.33 Å². The zero-order chi connectivity index (χ0) is 9.99. The fourth-order valence-electron chi connectivity index (χ4n) is 0.654. The SMILES string of the molecule is CCS(=O)(=O)N(C)C(C)(C)CBr. The molecular formula is C7H16BrNO2S. The highest BCUT2D eigenvalue weighted by molar-refractivity contribution is 9.09. The summed E-state index contributed by atoms with van der Waals surface area (Å²) in [5.41, 5.74) is -0.352. The van der Waals surface area contributed by atoms with Gasteiger partial charge in [0.1, 0.15) is 0 Å². The molecule has 3 nitrogen and oxygen atoms in total. The molecule has 0 saturated heterocycles. The van der Waals surface area contributed by atoms with Crippen LogP contribution < -0.4 is 0 Å². The number of alkyl halides is 1. The Morgan fingerprint density at radius 2 is 1.83 bits per heavy atom. The molecule has 0 saturated carbocycles. The summed E-state index contributed by atoms with van der Waals surface area (Å²) in [5.74, 6) is 0.153. The quantitative estimate of drug-likeness (QED) is 0.715. The maximum absolute atomic E-state index is 11.4. The summed E-state index contributed by atoms with van der Waals surface area (Å²) >= 11 is 3.29. The predicted octanol–water partition coefficient (Wildman–Crippen LogP) is 1.44. The lowest BCUT2D eigenvalue weighted by atomic mass is 10.1. The van der Waals surface area contributed by atoms with Gasteiger partial charge in [-0.05, 0) is 20.8 Å². The number of rotatable bonds is 4. The Balaban J connectivity index is 4.72. The van der Waals surface area contributed by atoms with Crippen molar-refractivity contribution in [3.63, 3.8) is 0 Å². The molecule has 0 atom stereocenters. The standard InChI is InChI=1S/C7H16BrNO2S/c1-5-12(10,11)9(4)7(2,3)6-8/h5-6H2,1-4H3. The number of hydrogen-bond donors (Lipinski definition) is 0. The zero-order valence-electron chi connectivity index (χ0n) is 7.96. The number of hydrogen-bond acceptors (Lipinski definition) is 2. The lowest BCUT2D eigenvalue weighted by Gasteiger charge is -2.32. The normalized spacial score (nSPS) is 13.8. The van der Waals surface area contributed by atoms with Crippen molar-refractivity contribution in [1.82, 2.24) is 4.31 Å². The van der Waals surface area contributed by atoms with E-state index in [1.807, 2.05) is 13.8 Å². The average Bonchev–Trinajstić information content (AvgIpc) is 2.03.